The van der Waals surface area contributed by atoms with Crippen molar-refractivity contribution < 1.29 is 9.57 Å². The van der Waals surface area contributed by atoms with Crippen LogP contribution in [0.5, 0.6) is 0 Å². The second-order valence-electron chi connectivity index (χ2n) is 3.78. The minimum atomic E-state index is 0.595. The summed E-state index contributed by atoms with van der Waals surface area (Å²) < 4.78 is 5.24. The first-order chi connectivity index (χ1) is 5.79. The molecular weight excluding hydrogens is 154 g/mol. The molecule has 1 saturated heterocycles. The summed E-state index contributed by atoms with van der Waals surface area (Å²) in [5.41, 5.74) is 2.98. The Labute approximate surface area is 74.4 Å². The van der Waals surface area contributed by atoms with Crippen LogP contribution in [0.15, 0.2) is 0 Å². The Morgan fingerprint density at radius 3 is 3.00 bits per heavy atom. The molecule has 0 aliphatic carbocycles. The van der Waals surface area contributed by atoms with Gasteiger partial charge in [-0.25, -0.2) is 5.48 Å². The third kappa shape index (κ3) is 4.04. The molecule has 0 spiro atoms. The van der Waals surface area contributed by atoms with Crippen molar-refractivity contribution in [2.45, 2.75) is 20.3 Å². The second kappa shape index (κ2) is 5.51. The van der Waals surface area contributed by atoms with Gasteiger partial charge in [-0.3, -0.25) is 0 Å². The predicted octanol–water partition coefficient (Wildman–Crippen LogP) is 1.20. The van der Waals surface area contributed by atoms with Crippen LogP contribution in [0, 0.1) is 11.8 Å². The van der Waals surface area contributed by atoms with E-state index in [9.17, 15) is 0 Å². The predicted molar refractivity (Wildman–Crippen MR) is 47.7 cm³/mol. The second-order valence-corrected chi connectivity index (χ2v) is 3.78. The minimum Gasteiger partial charge on any atom is -0.381 e. The van der Waals surface area contributed by atoms with E-state index in [2.05, 4.69) is 19.3 Å². The van der Waals surface area contributed by atoms with Crippen LogP contribution < -0.4 is 5.48 Å². The van der Waals surface area contributed by atoms with Crippen molar-refractivity contribution in [1.82, 2.24) is 5.48 Å². The molecule has 0 aromatic carbocycles. The first kappa shape index (κ1) is 9.96. The van der Waals surface area contributed by atoms with E-state index < -0.39 is 0 Å². The first-order valence-corrected chi connectivity index (χ1v) is 4.71. The third-order valence-electron chi connectivity index (χ3n) is 1.91. The van der Waals surface area contributed by atoms with Gasteiger partial charge in [0.25, 0.3) is 0 Å². The van der Waals surface area contributed by atoms with Crippen molar-refractivity contribution in [3.63, 3.8) is 0 Å². The molecule has 0 aromatic heterocycles. The Kier molecular flexibility index (Phi) is 4.58. The van der Waals surface area contributed by atoms with Gasteiger partial charge in [-0.05, 0) is 18.3 Å². The molecule has 1 atom stereocenters. The summed E-state index contributed by atoms with van der Waals surface area (Å²) in [6.07, 6.45) is 1.16. The van der Waals surface area contributed by atoms with Crippen LogP contribution in [0.25, 0.3) is 0 Å². The Hall–Kier alpha value is -0.120. The first-order valence-electron chi connectivity index (χ1n) is 4.71. The Balaban J connectivity index is 1.88. The van der Waals surface area contributed by atoms with Crippen LogP contribution in [0.3, 0.4) is 0 Å². The van der Waals surface area contributed by atoms with E-state index in [1.165, 1.54) is 0 Å². The minimum absolute atomic E-state index is 0.595. The Morgan fingerprint density at radius 2 is 2.42 bits per heavy atom. The van der Waals surface area contributed by atoms with E-state index in [1.807, 2.05) is 0 Å². The van der Waals surface area contributed by atoms with Gasteiger partial charge in [0, 0.05) is 13.2 Å². The van der Waals surface area contributed by atoms with Gasteiger partial charge >= 0.3 is 0 Å². The fourth-order valence-electron chi connectivity index (χ4n) is 1.15. The van der Waals surface area contributed by atoms with Crippen molar-refractivity contribution in [3.05, 3.63) is 0 Å². The van der Waals surface area contributed by atoms with Crippen molar-refractivity contribution >= 4 is 0 Å². The highest BCUT2D eigenvalue weighted by Gasteiger charge is 2.14. The lowest BCUT2D eigenvalue weighted by atomic mass is 10.1. The lowest BCUT2D eigenvalue weighted by molar-refractivity contribution is 0.0151. The van der Waals surface area contributed by atoms with E-state index in [0.29, 0.717) is 11.8 Å². The average molecular weight is 173 g/mol. The molecule has 3 heteroatoms. The summed E-state index contributed by atoms with van der Waals surface area (Å²) in [5, 5.41) is 0. The van der Waals surface area contributed by atoms with Crippen molar-refractivity contribution in [2.75, 3.05) is 26.4 Å². The molecule has 1 rings (SSSR count). The van der Waals surface area contributed by atoms with E-state index in [0.717, 1.165) is 32.8 Å². The molecule has 12 heavy (non-hydrogen) atoms. The largest absolute Gasteiger partial charge is 0.381 e. The summed E-state index contributed by atoms with van der Waals surface area (Å²) in [6, 6.07) is 0. The van der Waals surface area contributed by atoms with Crippen molar-refractivity contribution in [1.29, 1.82) is 0 Å². The normalized spacial score (nSPS) is 23.8. The number of hydroxylamine groups is 1. The molecule has 0 amide bonds. The zero-order valence-corrected chi connectivity index (χ0v) is 8.01. The van der Waals surface area contributed by atoms with Crippen molar-refractivity contribution in [3.8, 4) is 0 Å². The molecule has 0 bridgehead atoms. The maximum absolute atomic E-state index is 5.25. The van der Waals surface area contributed by atoms with Crippen LogP contribution in [-0.2, 0) is 9.57 Å². The topological polar surface area (TPSA) is 30.5 Å². The summed E-state index contributed by atoms with van der Waals surface area (Å²) >= 11 is 0. The number of rotatable bonds is 5. The molecule has 1 N–H and O–H groups in total. The van der Waals surface area contributed by atoms with E-state index in [4.69, 9.17) is 9.57 Å². The Morgan fingerprint density at radius 1 is 1.58 bits per heavy atom. The highest BCUT2D eigenvalue weighted by Crippen LogP contribution is 2.10. The monoisotopic (exact) mass is 173 g/mol. The molecule has 0 radical (unpaired) electrons. The quantitative estimate of drug-likeness (QED) is 0.500. The van der Waals surface area contributed by atoms with Gasteiger partial charge in [0.15, 0.2) is 0 Å². The van der Waals surface area contributed by atoms with Crippen LogP contribution in [-0.4, -0.2) is 26.4 Å². The smallest absolute Gasteiger partial charge is 0.0705 e. The van der Waals surface area contributed by atoms with Gasteiger partial charge in [-0.2, -0.15) is 0 Å². The zero-order valence-electron chi connectivity index (χ0n) is 8.01. The molecule has 3 nitrogen and oxygen atoms in total. The highest BCUT2D eigenvalue weighted by atomic mass is 16.6. The SMILES string of the molecule is CC(C)CONCC1CCOC1. The van der Waals surface area contributed by atoms with E-state index >= 15 is 0 Å². The maximum atomic E-state index is 5.25. The lowest BCUT2D eigenvalue weighted by Crippen LogP contribution is -2.25. The maximum Gasteiger partial charge on any atom is 0.0705 e. The molecule has 1 fully saturated rings. The van der Waals surface area contributed by atoms with Crippen LogP contribution in [0.2, 0.25) is 0 Å². The number of hydrogen-bond donors (Lipinski definition) is 1. The van der Waals surface area contributed by atoms with Gasteiger partial charge in [-0.1, -0.05) is 13.8 Å². The van der Waals surface area contributed by atoms with E-state index in [-0.39, 0.29) is 0 Å². The summed E-state index contributed by atoms with van der Waals surface area (Å²) in [5.74, 6) is 1.24. The average Bonchev–Trinajstić information content (AvgIpc) is 2.49. The fourth-order valence-corrected chi connectivity index (χ4v) is 1.15. The van der Waals surface area contributed by atoms with Gasteiger partial charge in [0.2, 0.25) is 0 Å². The highest BCUT2D eigenvalue weighted by molar-refractivity contribution is 4.64. The van der Waals surface area contributed by atoms with Crippen LogP contribution >= 0.6 is 0 Å². The number of hydrogen-bond acceptors (Lipinski definition) is 3. The van der Waals surface area contributed by atoms with Gasteiger partial charge in [0.1, 0.15) is 0 Å². The van der Waals surface area contributed by atoms with Crippen LogP contribution in [0.4, 0.5) is 0 Å². The standard InChI is InChI=1S/C9H19NO2/c1-8(2)6-12-10-5-9-3-4-11-7-9/h8-10H,3-7H2,1-2H3. The summed E-state index contributed by atoms with van der Waals surface area (Å²) in [6.45, 7) is 7.79. The molecule has 1 unspecified atom stereocenters. The number of ether oxygens (including phenoxy) is 1. The molecule has 0 aromatic rings. The van der Waals surface area contributed by atoms with Gasteiger partial charge < -0.3 is 9.57 Å². The fraction of sp³-hybridized carbons (Fsp3) is 1.00. The number of nitrogens with one attached hydrogen (secondary N) is 1. The zero-order chi connectivity index (χ0) is 8.81. The molecule has 72 valence electrons. The molecular formula is C9H19NO2. The molecule has 1 aliphatic heterocycles. The molecule has 1 heterocycles. The summed E-state index contributed by atoms with van der Waals surface area (Å²) in [4.78, 5) is 5.25. The molecule has 1 aliphatic rings. The lowest BCUT2D eigenvalue weighted by Gasteiger charge is -2.10. The Bertz CT molecular complexity index is 111. The third-order valence-corrected chi connectivity index (χ3v) is 1.91. The van der Waals surface area contributed by atoms with Gasteiger partial charge in [-0.15, -0.1) is 0 Å². The van der Waals surface area contributed by atoms with Gasteiger partial charge in [0.05, 0.1) is 13.2 Å². The summed E-state index contributed by atoms with van der Waals surface area (Å²) in [7, 11) is 0. The van der Waals surface area contributed by atoms with Crippen LogP contribution in [0.1, 0.15) is 20.3 Å². The van der Waals surface area contributed by atoms with Crippen molar-refractivity contribution in [2.24, 2.45) is 11.8 Å². The van der Waals surface area contributed by atoms with E-state index in [1.54, 1.807) is 0 Å². The molecule has 0 saturated carbocycles.